The van der Waals surface area contributed by atoms with Gasteiger partial charge in [0.2, 0.25) is 0 Å². The van der Waals surface area contributed by atoms with Gasteiger partial charge in [0.25, 0.3) is 0 Å². The van der Waals surface area contributed by atoms with Gasteiger partial charge in [-0.25, -0.2) is 0 Å². The van der Waals surface area contributed by atoms with E-state index in [0.29, 0.717) is 0 Å². The summed E-state index contributed by atoms with van der Waals surface area (Å²) in [6.45, 7) is 2.11. The van der Waals surface area contributed by atoms with Crippen molar-refractivity contribution < 1.29 is 0 Å². The highest BCUT2D eigenvalue weighted by Gasteiger charge is 1.99. The Morgan fingerprint density at radius 1 is 1.00 bits per heavy atom. The molecule has 13 heavy (non-hydrogen) atoms. The van der Waals surface area contributed by atoms with Crippen LogP contribution in [-0.4, -0.2) is 4.57 Å². The third-order valence-corrected chi connectivity index (χ3v) is 2.29. The molecule has 0 unspecified atom stereocenters. The molecular formula is C12H13N. The first-order valence-corrected chi connectivity index (χ1v) is 4.46. The third-order valence-electron chi connectivity index (χ3n) is 2.29. The fraction of sp³-hybridized carbons (Fsp3) is 0.167. The Morgan fingerprint density at radius 3 is 2.23 bits per heavy atom. The Kier molecular flexibility index (Phi) is 1.93. The number of rotatable bonds is 1. The lowest BCUT2D eigenvalue weighted by atomic mass is 10.1. The van der Waals surface area contributed by atoms with E-state index in [-0.39, 0.29) is 0 Å². The molecule has 1 nitrogen and oxygen atoms in total. The van der Waals surface area contributed by atoms with Crippen molar-refractivity contribution in [2.24, 2.45) is 7.05 Å². The molecule has 0 bridgehead atoms. The molecule has 0 amide bonds. The van der Waals surface area contributed by atoms with Crippen LogP contribution in [0, 0.1) is 6.92 Å². The summed E-state index contributed by atoms with van der Waals surface area (Å²) < 4.78 is 2.13. The highest BCUT2D eigenvalue weighted by atomic mass is 14.9. The van der Waals surface area contributed by atoms with Crippen LogP contribution in [0.1, 0.15) is 5.56 Å². The maximum absolute atomic E-state index is 2.16. The number of aromatic nitrogens is 1. The second kappa shape index (κ2) is 3.09. The van der Waals surface area contributed by atoms with Crippen molar-refractivity contribution in [3.63, 3.8) is 0 Å². The van der Waals surface area contributed by atoms with Crippen molar-refractivity contribution in [1.29, 1.82) is 0 Å². The predicted octanol–water partition coefficient (Wildman–Crippen LogP) is 3.00. The molecule has 2 rings (SSSR count). The molecule has 0 fully saturated rings. The highest BCUT2D eigenvalue weighted by Crippen LogP contribution is 2.19. The summed E-state index contributed by atoms with van der Waals surface area (Å²) in [5.74, 6) is 0. The summed E-state index contributed by atoms with van der Waals surface area (Å²) in [6, 6.07) is 12.8. The van der Waals surface area contributed by atoms with Crippen molar-refractivity contribution >= 4 is 0 Å². The van der Waals surface area contributed by atoms with E-state index in [1.54, 1.807) is 0 Å². The Morgan fingerprint density at radius 2 is 1.69 bits per heavy atom. The zero-order valence-electron chi connectivity index (χ0n) is 7.99. The van der Waals surface area contributed by atoms with Crippen LogP contribution in [0.25, 0.3) is 11.3 Å². The topological polar surface area (TPSA) is 4.93 Å². The lowest BCUT2D eigenvalue weighted by Crippen LogP contribution is -1.88. The molecule has 0 aliphatic heterocycles. The molecule has 0 atom stereocenters. The summed E-state index contributed by atoms with van der Waals surface area (Å²) in [7, 11) is 2.06. The first-order valence-electron chi connectivity index (χ1n) is 4.46. The molecule has 2 aromatic rings. The summed E-state index contributed by atoms with van der Waals surface area (Å²) in [6.07, 6.45) is 2.06. The van der Waals surface area contributed by atoms with Gasteiger partial charge in [-0.1, -0.05) is 29.8 Å². The maximum Gasteiger partial charge on any atom is 0.0477 e. The van der Waals surface area contributed by atoms with E-state index in [2.05, 4.69) is 61.1 Å². The zero-order valence-corrected chi connectivity index (χ0v) is 7.99. The van der Waals surface area contributed by atoms with Gasteiger partial charge in [0.05, 0.1) is 0 Å². The van der Waals surface area contributed by atoms with Crippen LogP contribution in [-0.2, 0) is 7.05 Å². The van der Waals surface area contributed by atoms with Crippen molar-refractivity contribution in [3.8, 4) is 11.3 Å². The Hall–Kier alpha value is -1.50. The molecule has 0 saturated heterocycles. The molecule has 0 radical (unpaired) electrons. The number of benzene rings is 1. The SMILES string of the molecule is Cc1ccc(-c2cccn2C)cc1. The van der Waals surface area contributed by atoms with Gasteiger partial charge < -0.3 is 4.57 Å². The Balaban J connectivity index is 2.47. The minimum atomic E-state index is 1.26. The van der Waals surface area contributed by atoms with Crippen molar-refractivity contribution in [2.45, 2.75) is 6.92 Å². The molecule has 0 saturated carbocycles. The first kappa shape index (κ1) is 8.11. The van der Waals surface area contributed by atoms with Crippen molar-refractivity contribution in [2.75, 3.05) is 0 Å². The average Bonchev–Trinajstić information content (AvgIpc) is 2.53. The van der Waals surface area contributed by atoms with E-state index in [4.69, 9.17) is 0 Å². The van der Waals surface area contributed by atoms with Crippen LogP contribution in [0.5, 0.6) is 0 Å². The second-order valence-corrected chi connectivity index (χ2v) is 3.37. The molecule has 1 heteroatoms. The molecular weight excluding hydrogens is 158 g/mol. The Labute approximate surface area is 78.6 Å². The second-order valence-electron chi connectivity index (χ2n) is 3.37. The van der Waals surface area contributed by atoms with Crippen LogP contribution in [0.4, 0.5) is 0 Å². The van der Waals surface area contributed by atoms with Crippen LogP contribution in [0.15, 0.2) is 42.6 Å². The van der Waals surface area contributed by atoms with Gasteiger partial charge in [-0.2, -0.15) is 0 Å². The monoisotopic (exact) mass is 171 g/mol. The van der Waals surface area contributed by atoms with Crippen LogP contribution in [0.2, 0.25) is 0 Å². The molecule has 0 spiro atoms. The standard InChI is InChI=1S/C12H13N/c1-10-5-7-11(8-6-10)12-4-3-9-13(12)2/h3-9H,1-2H3. The smallest absolute Gasteiger partial charge is 0.0477 e. The van der Waals surface area contributed by atoms with Crippen molar-refractivity contribution in [1.82, 2.24) is 4.57 Å². The van der Waals surface area contributed by atoms with E-state index in [1.165, 1.54) is 16.8 Å². The van der Waals surface area contributed by atoms with Gasteiger partial charge in [0.15, 0.2) is 0 Å². The molecule has 0 aliphatic rings. The minimum Gasteiger partial charge on any atom is -0.351 e. The molecule has 1 aromatic heterocycles. The largest absolute Gasteiger partial charge is 0.351 e. The normalized spacial score (nSPS) is 10.3. The number of nitrogens with zero attached hydrogens (tertiary/aromatic N) is 1. The lowest BCUT2D eigenvalue weighted by Gasteiger charge is -2.03. The zero-order chi connectivity index (χ0) is 9.26. The Bertz CT molecular complexity index is 395. The fourth-order valence-corrected chi connectivity index (χ4v) is 1.49. The molecule has 1 aromatic carbocycles. The van der Waals surface area contributed by atoms with E-state index in [0.717, 1.165) is 0 Å². The highest BCUT2D eigenvalue weighted by molar-refractivity contribution is 5.60. The van der Waals surface area contributed by atoms with Crippen LogP contribution < -0.4 is 0 Å². The lowest BCUT2D eigenvalue weighted by molar-refractivity contribution is 0.937. The summed E-state index contributed by atoms with van der Waals surface area (Å²) >= 11 is 0. The summed E-state index contributed by atoms with van der Waals surface area (Å²) in [4.78, 5) is 0. The van der Waals surface area contributed by atoms with Gasteiger partial charge in [0, 0.05) is 18.9 Å². The van der Waals surface area contributed by atoms with E-state index in [1.807, 2.05) is 0 Å². The number of hydrogen-bond donors (Lipinski definition) is 0. The molecule has 66 valence electrons. The van der Waals surface area contributed by atoms with Gasteiger partial charge in [0.1, 0.15) is 0 Å². The average molecular weight is 171 g/mol. The van der Waals surface area contributed by atoms with Crippen LogP contribution >= 0.6 is 0 Å². The van der Waals surface area contributed by atoms with Gasteiger partial charge >= 0.3 is 0 Å². The third kappa shape index (κ3) is 1.50. The van der Waals surface area contributed by atoms with E-state index >= 15 is 0 Å². The van der Waals surface area contributed by atoms with Gasteiger partial charge in [-0.15, -0.1) is 0 Å². The molecule has 1 heterocycles. The molecule has 0 aliphatic carbocycles. The fourth-order valence-electron chi connectivity index (χ4n) is 1.49. The van der Waals surface area contributed by atoms with E-state index < -0.39 is 0 Å². The quantitative estimate of drug-likeness (QED) is 0.621. The van der Waals surface area contributed by atoms with Gasteiger partial charge in [-0.3, -0.25) is 0 Å². The van der Waals surface area contributed by atoms with Crippen molar-refractivity contribution in [3.05, 3.63) is 48.2 Å². The summed E-state index contributed by atoms with van der Waals surface area (Å²) in [5.41, 5.74) is 3.84. The van der Waals surface area contributed by atoms with Crippen LogP contribution in [0.3, 0.4) is 0 Å². The first-order chi connectivity index (χ1) is 6.27. The number of hydrogen-bond acceptors (Lipinski definition) is 0. The molecule has 0 N–H and O–H groups in total. The maximum atomic E-state index is 2.16. The number of aryl methyl sites for hydroxylation is 2. The predicted molar refractivity (Wildman–Crippen MR) is 55.6 cm³/mol. The van der Waals surface area contributed by atoms with Gasteiger partial charge in [-0.05, 0) is 24.6 Å². The van der Waals surface area contributed by atoms with E-state index in [9.17, 15) is 0 Å². The minimum absolute atomic E-state index is 1.26. The summed E-state index contributed by atoms with van der Waals surface area (Å²) in [5, 5.41) is 0.